The van der Waals surface area contributed by atoms with Gasteiger partial charge in [-0.1, -0.05) is 12.1 Å². The number of carbonyl (C=O) groups excluding carboxylic acids is 1. The van der Waals surface area contributed by atoms with Crippen LogP contribution in [0.25, 0.3) is 0 Å². The van der Waals surface area contributed by atoms with Crippen molar-refractivity contribution in [3.8, 4) is 0 Å². The van der Waals surface area contributed by atoms with E-state index in [-0.39, 0.29) is 18.3 Å². The number of rotatable bonds is 8. The molecule has 0 spiro atoms. The molecule has 0 saturated heterocycles. The molecule has 0 aliphatic carbocycles. The Kier molecular flexibility index (Phi) is 6.29. The molecular formula is C17H22FN3O2. The Hall–Kier alpha value is -2.21. The van der Waals surface area contributed by atoms with E-state index in [1.807, 2.05) is 6.92 Å². The number of aliphatic hydroxyl groups excluding tert-OH is 1. The fraction of sp³-hybridized carbons (Fsp3) is 0.412. The van der Waals surface area contributed by atoms with Gasteiger partial charge in [-0.15, -0.1) is 0 Å². The molecule has 1 amide bonds. The van der Waals surface area contributed by atoms with Gasteiger partial charge in [-0.3, -0.25) is 4.79 Å². The first-order chi connectivity index (χ1) is 11.1. The van der Waals surface area contributed by atoms with Crippen LogP contribution in [0.3, 0.4) is 0 Å². The standard InChI is InChI=1S/C17H22FN3O2/c1-13-19-11-16(20-13)12-21(9-10-22)17(23)4-2-3-14-5-7-15(18)8-6-14/h5-8,11,22H,2-4,9-10,12H2,1H3,(H,19,20). The molecule has 2 rings (SSSR count). The van der Waals surface area contributed by atoms with Crippen LogP contribution in [0.5, 0.6) is 0 Å². The summed E-state index contributed by atoms with van der Waals surface area (Å²) in [6, 6.07) is 6.32. The number of hydrogen-bond donors (Lipinski definition) is 2. The summed E-state index contributed by atoms with van der Waals surface area (Å²) in [4.78, 5) is 21.1. The van der Waals surface area contributed by atoms with Gasteiger partial charge in [-0.2, -0.15) is 0 Å². The van der Waals surface area contributed by atoms with Gasteiger partial charge in [0.15, 0.2) is 0 Å². The lowest BCUT2D eigenvalue weighted by atomic mass is 10.1. The Morgan fingerprint density at radius 3 is 2.70 bits per heavy atom. The molecule has 1 aromatic heterocycles. The number of halogens is 1. The summed E-state index contributed by atoms with van der Waals surface area (Å²) in [5.74, 6) is 0.537. The summed E-state index contributed by atoms with van der Waals surface area (Å²) in [6.07, 6.45) is 3.51. The van der Waals surface area contributed by atoms with E-state index in [2.05, 4.69) is 9.97 Å². The van der Waals surface area contributed by atoms with Crippen molar-refractivity contribution < 1.29 is 14.3 Å². The average molecular weight is 319 g/mol. The van der Waals surface area contributed by atoms with Crippen LogP contribution in [0.1, 0.15) is 29.9 Å². The van der Waals surface area contributed by atoms with E-state index in [9.17, 15) is 9.18 Å². The van der Waals surface area contributed by atoms with E-state index in [0.29, 0.717) is 25.9 Å². The van der Waals surface area contributed by atoms with Crippen molar-refractivity contribution in [2.45, 2.75) is 32.7 Å². The monoisotopic (exact) mass is 319 g/mol. The Morgan fingerprint density at radius 1 is 1.35 bits per heavy atom. The number of H-pyrrole nitrogens is 1. The fourth-order valence-electron chi connectivity index (χ4n) is 2.42. The third-order valence-corrected chi connectivity index (χ3v) is 3.61. The Morgan fingerprint density at radius 2 is 2.09 bits per heavy atom. The molecule has 1 aromatic carbocycles. The quantitative estimate of drug-likeness (QED) is 0.784. The number of aromatic amines is 1. The highest BCUT2D eigenvalue weighted by atomic mass is 19.1. The van der Waals surface area contributed by atoms with Gasteiger partial charge in [0.2, 0.25) is 5.91 Å². The molecule has 0 saturated carbocycles. The number of hydrogen-bond acceptors (Lipinski definition) is 3. The number of carbonyl (C=O) groups is 1. The van der Waals surface area contributed by atoms with Crippen molar-refractivity contribution in [3.05, 3.63) is 53.4 Å². The molecule has 0 fully saturated rings. The zero-order valence-corrected chi connectivity index (χ0v) is 13.3. The number of aromatic nitrogens is 2. The molecule has 0 aliphatic heterocycles. The second-order valence-corrected chi connectivity index (χ2v) is 5.51. The summed E-state index contributed by atoms with van der Waals surface area (Å²) >= 11 is 0. The van der Waals surface area contributed by atoms with Crippen molar-refractivity contribution in [3.63, 3.8) is 0 Å². The number of aliphatic hydroxyl groups is 1. The normalized spacial score (nSPS) is 10.7. The maximum Gasteiger partial charge on any atom is 0.223 e. The van der Waals surface area contributed by atoms with Gasteiger partial charge in [0.05, 0.1) is 25.0 Å². The van der Waals surface area contributed by atoms with Gasteiger partial charge in [0.25, 0.3) is 0 Å². The van der Waals surface area contributed by atoms with Gasteiger partial charge < -0.3 is 15.0 Å². The largest absolute Gasteiger partial charge is 0.395 e. The van der Waals surface area contributed by atoms with Gasteiger partial charge in [0.1, 0.15) is 11.6 Å². The molecule has 124 valence electrons. The lowest BCUT2D eigenvalue weighted by Gasteiger charge is -2.21. The molecule has 1 heterocycles. The second-order valence-electron chi connectivity index (χ2n) is 5.51. The van der Waals surface area contributed by atoms with Crippen molar-refractivity contribution in [2.24, 2.45) is 0 Å². The molecular weight excluding hydrogens is 297 g/mol. The van der Waals surface area contributed by atoms with Crippen LogP contribution in [0.4, 0.5) is 4.39 Å². The highest BCUT2D eigenvalue weighted by molar-refractivity contribution is 5.76. The molecule has 2 aromatic rings. The fourth-order valence-corrected chi connectivity index (χ4v) is 2.42. The number of benzene rings is 1. The summed E-state index contributed by atoms with van der Waals surface area (Å²) in [6.45, 7) is 2.49. The van der Waals surface area contributed by atoms with Crippen LogP contribution in [0, 0.1) is 12.7 Å². The van der Waals surface area contributed by atoms with Gasteiger partial charge in [-0.05, 0) is 37.5 Å². The topological polar surface area (TPSA) is 69.2 Å². The predicted molar refractivity (Wildman–Crippen MR) is 85.2 cm³/mol. The first-order valence-corrected chi connectivity index (χ1v) is 7.72. The van der Waals surface area contributed by atoms with E-state index in [0.717, 1.165) is 23.5 Å². The number of amides is 1. The van der Waals surface area contributed by atoms with Crippen LogP contribution < -0.4 is 0 Å². The van der Waals surface area contributed by atoms with Crippen molar-refractivity contribution in [1.82, 2.24) is 14.9 Å². The molecule has 2 N–H and O–H groups in total. The summed E-state index contributed by atoms with van der Waals surface area (Å²) in [5.41, 5.74) is 1.86. The third kappa shape index (κ3) is 5.49. The Bertz CT molecular complexity index is 625. The van der Waals surface area contributed by atoms with E-state index >= 15 is 0 Å². The minimum absolute atomic E-state index is 0.00610. The first-order valence-electron chi connectivity index (χ1n) is 7.72. The maximum absolute atomic E-state index is 12.8. The lowest BCUT2D eigenvalue weighted by molar-refractivity contribution is -0.132. The highest BCUT2D eigenvalue weighted by Gasteiger charge is 2.14. The van der Waals surface area contributed by atoms with Crippen LogP contribution in [-0.2, 0) is 17.8 Å². The van der Waals surface area contributed by atoms with Gasteiger partial charge in [-0.25, -0.2) is 9.37 Å². The van der Waals surface area contributed by atoms with Crippen molar-refractivity contribution >= 4 is 5.91 Å². The summed E-state index contributed by atoms with van der Waals surface area (Å²) in [7, 11) is 0. The lowest BCUT2D eigenvalue weighted by Crippen LogP contribution is -2.33. The average Bonchev–Trinajstić information content (AvgIpc) is 2.94. The smallest absolute Gasteiger partial charge is 0.223 e. The molecule has 0 unspecified atom stereocenters. The molecule has 6 heteroatoms. The van der Waals surface area contributed by atoms with Crippen LogP contribution in [-0.4, -0.2) is 39.0 Å². The summed E-state index contributed by atoms with van der Waals surface area (Å²) < 4.78 is 12.8. The zero-order chi connectivity index (χ0) is 16.7. The first kappa shape index (κ1) is 17.1. The molecule has 0 aliphatic rings. The second kappa shape index (κ2) is 8.43. The zero-order valence-electron chi connectivity index (χ0n) is 13.3. The van der Waals surface area contributed by atoms with E-state index in [1.165, 1.54) is 12.1 Å². The third-order valence-electron chi connectivity index (χ3n) is 3.61. The van der Waals surface area contributed by atoms with Crippen LogP contribution in [0.15, 0.2) is 30.5 Å². The molecule has 23 heavy (non-hydrogen) atoms. The van der Waals surface area contributed by atoms with Crippen molar-refractivity contribution in [2.75, 3.05) is 13.2 Å². The number of imidazole rings is 1. The van der Waals surface area contributed by atoms with Gasteiger partial charge in [0, 0.05) is 13.0 Å². The number of aryl methyl sites for hydroxylation is 2. The Balaban J connectivity index is 1.83. The molecule has 5 nitrogen and oxygen atoms in total. The van der Waals surface area contributed by atoms with Crippen LogP contribution >= 0.6 is 0 Å². The summed E-state index contributed by atoms with van der Waals surface area (Å²) in [5, 5.41) is 9.14. The van der Waals surface area contributed by atoms with E-state index in [1.54, 1.807) is 23.2 Å². The minimum Gasteiger partial charge on any atom is -0.395 e. The minimum atomic E-state index is -0.256. The van der Waals surface area contributed by atoms with Crippen molar-refractivity contribution in [1.29, 1.82) is 0 Å². The molecule has 0 radical (unpaired) electrons. The Labute approximate surface area is 135 Å². The predicted octanol–water partition coefficient (Wildman–Crippen LogP) is 2.20. The molecule has 0 bridgehead atoms. The number of nitrogens with zero attached hydrogens (tertiary/aromatic N) is 2. The van der Waals surface area contributed by atoms with E-state index in [4.69, 9.17) is 5.11 Å². The van der Waals surface area contributed by atoms with Gasteiger partial charge >= 0.3 is 0 Å². The SMILES string of the molecule is Cc1ncc(CN(CCO)C(=O)CCCc2ccc(F)cc2)[nH]1. The molecule has 0 atom stereocenters. The maximum atomic E-state index is 12.8. The van der Waals surface area contributed by atoms with Crippen LogP contribution in [0.2, 0.25) is 0 Å². The van der Waals surface area contributed by atoms with E-state index < -0.39 is 0 Å². The highest BCUT2D eigenvalue weighted by Crippen LogP contribution is 2.10. The number of nitrogens with one attached hydrogen (secondary N) is 1.